The lowest BCUT2D eigenvalue weighted by atomic mass is 9.77. The van der Waals surface area contributed by atoms with Gasteiger partial charge in [0.05, 0.1) is 5.60 Å². The smallest absolute Gasteiger partial charge is 0.0670 e. The Morgan fingerprint density at radius 3 is 2.50 bits per heavy atom. The van der Waals surface area contributed by atoms with Crippen molar-refractivity contribution in [1.29, 1.82) is 0 Å². The summed E-state index contributed by atoms with van der Waals surface area (Å²) in [6, 6.07) is 0.601. The second-order valence-corrected chi connectivity index (χ2v) is 6.81. The maximum Gasteiger partial charge on any atom is 0.0670 e. The largest absolute Gasteiger partial charge is 0.375 e. The fraction of sp³-hybridized carbons (Fsp3) is 1.00. The van der Waals surface area contributed by atoms with Crippen LogP contribution in [0.2, 0.25) is 0 Å². The van der Waals surface area contributed by atoms with Crippen molar-refractivity contribution in [3.8, 4) is 0 Å². The second-order valence-electron chi connectivity index (χ2n) is 6.81. The first-order valence-corrected chi connectivity index (χ1v) is 8.57. The summed E-state index contributed by atoms with van der Waals surface area (Å²) in [5.41, 5.74) is 6.41. The predicted octanol–water partition coefficient (Wildman–Crippen LogP) is 3.56. The highest BCUT2D eigenvalue weighted by Gasteiger charge is 2.46. The van der Waals surface area contributed by atoms with Gasteiger partial charge in [-0.3, -0.25) is 4.90 Å². The van der Waals surface area contributed by atoms with Crippen molar-refractivity contribution in [1.82, 2.24) is 4.90 Å². The van der Waals surface area contributed by atoms with Crippen LogP contribution in [0.5, 0.6) is 0 Å². The average molecular weight is 284 g/mol. The highest BCUT2D eigenvalue weighted by atomic mass is 16.5. The first kappa shape index (κ1) is 17.9. The first-order chi connectivity index (χ1) is 9.47. The minimum absolute atomic E-state index is 0.00442. The number of nitrogens with two attached hydrogens (primary N) is 1. The summed E-state index contributed by atoms with van der Waals surface area (Å²) in [6.45, 7) is 14.2. The lowest BCUT2D eigenvalue weighted by molar-refractivity contribution is -0.136. The lowest BCUT2D eigenvalue weighted by Gasteiger charge is -2.53. The number of ether oxygens (including phenoxy) is 1. The highest BCUT2D eigenvalue weighted by Crippen LogP contribution is 2.39. The van der Waals surface area contributed by atoms with Crippen LogP contribution in [0.4, 0.5) is 0 Å². The second kappa shape index (κ2) is 7.77. The van der Waals surface area contributed by atoms with E-state index in [-0.39, 0.29) is 11.1 Å². The molecule has 1 aliphatic heterocycles. The standard InChI is InChI=1S/C17H36N2O/c1-6-9-11-19(15(4)7-2)17(14-18)10-12-20-16(5,8-3)13-17/h15H,6-14,18H2,1-5H3. The molecule has 1 saturated heterocycles. The first-order valence-electron chi connectivity index (χ1n) is 8.57. The van der Waals surface area contributed by atoms with Gasteiger partial charge < -0.3 is 10.5 Å². The van der Waals surface area contributed by atoms with E-state index >= 15 is 0 Å². The Hall–Kier alpha value is -0.120. The number of nitrogens with zero attached hydrogens (tertiary/aromatic N) is 1. The monoisotopic (exact) mass is 284 g/mol. The molecule has 3 nitrogen and oxygen atoms in total. The SMILES string of the molecule is CCCCN(C(C)CC)C1(CN)CCOC(C)(CC)C1. The van der Waals surface area contributed by atoms with Gasteiger partial charge in [0.1, 0.15) is 0 Å². The minimum atomic E-state index is -0.00442. The molecule has 120 valence electrons. The van der Waals surface area contributed by atoms with Gasteiger partial charge in [-0.05, 0) is 52.5 Å². The zero-order valence-corrected chi connectivity index (χ0v) is 14.4. The van der Waals surface area contributed by atoms with E-state index in [0.717, 1.165) is 32.4 Å². The molecule has 0 aromatic carbocycles. The lowest BCUT2D eigenvalue weighted by Crippen LogP contribution is -2.63. The molecule has 1 rings (SSSR count). The molecule has 20 heavy (non-hydrogen) atoms. The molecular weight excluding hydrogens is 248 g/mol. The summed E-state index contributed by atoms with van der Waals surface area (Å²) < 4.78 is 6.06. The molecule has 3 unspecified atom stereocenters. The average Bonchev–Trinajstić information content (AvgIpc) is 2.47. The number of unbranched alkanes of at least 4 members (excludes halogenated alkanes) is 1. The van der Waals surface area contributed by atoms with Crippen LogP contribution >= 0.6 is 0 Å². The Bertz CT molecular complexity index is 284. The van der Waals surface area contributed by atoms with Gasteiger partial charge in [0.2, 0.25) is 0 Å². The Morgan fingerprint density at radius 1 is 1.30 bits per heavy atom. The molecule has 1 heterocycles. The van der Waals surface area contributed by atoms with Crippen LogP contribution in [-0.4, -0.2) is 41.8 Å². The van der Waals surface area contributed by atoms with Gasteiger partial charge in [-0.2, -0.15) is 0 Å². The molecule has 0 amide bonds. The van der Waals surface area contributed by atoms with Gasteiger partial charge in [-0.25, -0.2) is 0 Å². The third-order valence-corrected chi connectivity index (χ3v) is 5.33. The normalized spacial score (nSPS) is 32.5. The summed E-state index contributed by atoms with van der Waals surface area (Å²) in [5, 5.41) is 0. The van der Waals surface area contributed by atoms with Gasteiger partial charge >= 0.3 is 0 Å². The van der Waals surface area contributed by atoms with E-state index < -0.39 is 0 Å². The fourth-order valence-corrected chi connectivity index (χ4v) is 3.56. The molecule has 0 bridgehead atoms. The van der Waals surface area contributed by atoms with E-state index in [1.807, 2.05) is 0 Å². The zero-order valence-electron chi connectivity index (χ0n) is 14.4. The molecule has 0 saturated carbocycles. The van der Waals surface area contributed by atoms with Crippen LogP contribution in [0.1, 0.15) is 73.1 Å². The van der Waals surface area contributed by atoms with Crippen LogP contribution in [0.25, 0.3) is 0 Å². The molecule has 0 aromatic rings. The fourth-order valence-electron chi connectivity index (χ4n) is 3.56. The molecule has 1 fully saturated rings. The number of hydrogen-bond donors (Lipinski definition) is 1. The summed E-state index contributed by atoms with van der Waals surface area (Å²) in [4.78, 5) is 2.70. The Morgan fingerprint density at radius 2 is 2.00 bits per heavy atom. The minimum Gasteiger partial charge on any atom is -0.375 e. The molecule has 2 N–H and O–H groups in total. The van der Waals surface area contributed by atoms with E-state index in [9.17, 15) is 0 Å². The number of rotatable bonds is 8. The van der Waals surface area contributed by atoms with E-state index in [2.05, 4.69) is 39.5 Å². The summed E-state index contributed by atoms with van der Waals surface area (Å²) in [7, 11) is 0. The molecule has 3 atom stereocenters. The molecule has 3 heteroatoms. The van der Waals surface area contributed by atoms with Crippen molar-refractivity contribution in [2.75, 3.05) is 19.7 Å². The Labute approximate surface area is 126 Å². The van der Waals surface area contributed by atoms with Crippen molar-refractivity contribution in [2.45, 2.75) is 90.3 Å². The van der Waals surface area contributed by atoms with Crippen LogP contribution in [0, 0.1) is 0 Å². The maximum atomic E-state index is 6.28. The van der Waals surface area contributed by atoms with Crippen LogP contribution in [0.3, 0.4) is 0 Å². The maximum absolute atomic E-state index is 6.28. The van der Waals surface area contributed by atoms with Crippen LogP contribution < -0.4 is 5.73 Å². The topological polar surface area (TPSA) is 38.5 Å². The summed E-state index contributed by atoms with van der Waals surface area (Å²) in [6.07, 6.45) is 6.91. The van der Waals surface area contributed by atoms with E-state index in [4.69, 9.17) is 10.5 Å². The molecule has 0 radical (unpaired) electrons. The highest BCUT2D eigenvalue weighted by molar-refractivity contribution is 5.01. The van der Waals surface area contributed by atoms with Crippen LogP contribution in [-0.2, 0) is 4.74 Å². The van der Waals surface area contributed by atoms with Gasteiger partial charge in [-0.1, -0.05) is 27.2 Å². The molecule has 1 aliphatic rings. The summed E-state index contributed by atoms with van der Waals surface area (Å²) >= 11 is 0. The van der Waals surface area contributed by atoms with Crippen molar-refractivity contribution >= 4 is 0 Å². The third kappa shape index (κ3) is 3.96. The van der Waals surface area contributed by atoms with E-state index in [1.165, 1.54) is 25.8 Å². The molecule has 0 aromatic heterocycles. The van der Waals surface area contributed by atoms with Crippen molar-refractivity contribution in [2.24, 2.45) is 5.73 Å². The molecular formula is C17H36N2O. The van der Waals surface area contributed by atoms with Gasteiger partial charge in [0.25, 0.3) is 0 Å². The van der Waals surface area contributed by atoms with Gasteiger partial charge in [0, 0.05) is 24.7 Å². The van der Waals surface area contributed by atoms with Gasteiger partial charge in [0.15, 0.2) is 0 Å². The third-order valence-electron chi connectivity index (χ3n) is 5.33. The Kier molecular flexibility index (Phi) is 6.96. The molecule has 0 spiro atoms. The van der Waals surface area contributed by atoms with Crippen molar-refractivity contribution in [3.63, 3.8) is 0 Å². The van der Waals surface area contributed by atoms with Crippen molar-refractivity contribution < 1.29 is 4.74 Å². The Balaban J connectivity index is 2.96. The van der Waals surface area contributed by atoms with E-state index in [0.29, 0.717) is 6.04 Å². The van der Waals surface area contributed by atoms with Crippen LogP contribution in [0.15, 0.2) is 0 Å². The summed E-state index contributed by atoms with van der Waals surface area (Å²) in [5.74, 6) is 0. The predicted molar refractivity (Wildman–Crippen MR) is 87.0 cm³/mol. The number of hydrogen-bond acceptors (Lipinski definition) is 3. The van der Waals surface area contributed by atoms with Gasteiger partial charge in [-0.15, -0.1) is 0 Å². The zero-order chi connectivity index (χ0) is 15.2. The molecule has 0 aliphatic carbocycles. The van der Waals surface area contributed by atoms with E-state index in [1.54, 1.807) is 0 Å². The quantitative estimate of drug-likeness (QED) is 0.740. The van der Waals surface area contributed by atoms with Crippen molar-refractivity contribution in [3.05, 3.63) is 0 Å².